The van der Waals surface area contributed by atoms with Crippen LogP contribution in [-0.2, 0) is 6.42 Å². The van der Waals surface area contributed by atoms with Gasteiger partial charge in [-0.2, -0.15) is 0 Å². The van der Waals surface area contributed by atoms with Crippen LogP contribution in [0.2, 0.25) is 0 Å². The van der Waals surface area contributed by atoms with Gasteiger partial charge >= 0.3 is 0 Å². The van der Waals surface area contributed by atoms with E-state index in [4.69, 9.17) is 21.9 Å². The van der Waals surface area contributed by atoms with Crippen LogP contribution in [0.15, 0.2) is 91.5 Å². The van der Waals surface area contributed by atoms with E-state index in [2.05, 4.69) is 70.1 Å². The summed E-state index contributed by atoms with van der Waals surface area (Å²) in [7, 11) is 0. The van der Waals surface area contributed by atoms with Crippen LogP contribution in [0.3, 0.4) is 0 Å². The minimum Gasteiger partial charge on any atom is -0.399 e. The fourth-order valence-corrected chi connectivity index (χ4v) is 4.46. The molecule has 6 aromatic rings. The summed E-state index contributed by atoms with van der Waals surface area (Å²) in [6.07, 6.45) is 0.824. The summed E-state index contributed by atoms with van der Waals surface area (Å²) < 4.78 is 0. The van der Waals surface area contributed by atoms with E-state index in [-0.39, 0.29) is 5.84 Å². The van der Waals surface area contributed by atoms with Crippen molar-refractivity contribution in [3.63, 3.8) is 0 Å². The molecule has 0 atom stereocenters. The number of hydrogen-bond donors (Lipinski definition) is 5. The lowest BCUT2D eigenvalue weighted by Crippen LogP contribution is -2.10. The maximum atomic E-state index is 7.63. The van der Waals surface area contributed by atoms with Gasteiger partial charge in [-0.3, -0.25) is 5.41 Å². The van der Waals surface area contributed by atoms with Crippen LogP contribution < -0.4 is 11.5 Å². The highest BCUT2D eigenvalue weighted by atomic mass is 14.9. The smallest absolute Gasteiger partial charge is 0.138 e. The van der Waals surface area contributed by atoms with Crippen LogP contribution in [0.1, 0.15) is 22.3 Å². The first-order valence-electron chi connectivity index (χ1n) is 11.9. The molecule has 0 amide bonds. The van der Waals surface area contributed by atoms with Crippen molar-refractivity contribution in [1.29, 1.82) is 5.41 Å². The number of amidine groups is 1. The van der Waals surface area contributed by atoms with Gasteiger partial charge in [-0.05, 0) is 53.4 Å². The predicted octanol–water partition coefficient (Wildman–Crippen LogP) is 5.58. The zero-order chi connectivity index (χ0) is 25.5. The number of benzene rings is 4. The number of imidazole rings is 2. The van der Waals surface area contributed by atoms with Crippen molar-refractivity contribution in [2.24, 2.45) is 11.5 Å². The van der Waals surface area contributed by atoms with Gasteiger partial charge < -0.3 is 21.4 Å². The van der Waals surface area contributed by atoms with Gasteiger partial charge in [-0.15, -0.1) is 0 Å². The number of H-pyrrole nitrogens is 2. The van der Waals surface area contributed by atoms with Crippen molar-refractivity contribution in [3.8, 4) is 22.8 Å². The molecule has 0 spiro atoms. The summed E-state index contributed by atoms with van der Waals surface area (Å²) in [6.45, 7) is 3.81. The number of aromatic nitrogens is 4. The molecule has 4 aromatic carbocycles. The quantitative estimate of drug-likeness (QED) is 0.156. The van der Waals surface area contributed by atoms with Gasteiger partial charge in [0.15, 0.2) is 0 Å². The fourth-order valence-electron chi connectivity index (χ4n) is 4.46. The summed E-state index contributed by atoms with van der Waals surface area (Å²) in [5, 5.41) is 7.63. The van der Waals surface area contributed by atoms with Crippen molar-refractivity contribution in [2.75, 3.05) is 0 Å². The van der Waals surface area contributed by atoms with Crippen molar-refractivity contribution < 1.29 is 0 Å². The Morgan fingerprint density at radius 2 is 1.14 bits per heavy atom. The molecule has 2 aromatic heterocycles. The fraction of sp³-hybridized carbons (Fsp3) is 0.0333. The third-order valence-corrected chi connectivity index (χ3v) is 6.51. The number of nitrogens with zero attached hydrogens (tertiary/aromatic N) is 2. The number of nitrogens with one attached hydrogen (secondary N) is 3. The van der Waals surface area contributed by atoms with Crippen molar-refractivity contribution in [2.45, 2.75) is 6.42 Å². The summed E-state index contributed by atoms with van der Waals surface area (Å²) in [4.78, 5) is 16.1. The topological polar surface area (TPSA) is 133 Å². The van der Waals surface area contributed by atoms with E-state index in [9.17, 15) is 0 Å². The average Bonchev–Trinajstić information content (AvgIpc) is 3.53. The first-order chi connectivity index (χ1) is 17.9. The maximum Gasteiger partial charge on any atom is 0.138 e. The van der Waals surface area contributed by atoms with Crippen LogP contribution in [0.4, 0.5) is 0 Å². The summed E-state index contributed by atoms with van der Waals surface area (Å²) in [5.41, 5.74) is 21.6. The zero-order valence-corrected chi connectivity index (χ0v) is 20.0. The van der Waals surface area contributed by atoms with Gasteiger partial charge in [0.1, 0.15) is 17.5 Å². The molecule has 0 bridgehead atoms. The SMILES string of the molecule is C=C(N)c1ccc2nc(-c3ccc(Cc4ccc(-c5nc6ccc(C(=N)N)cc6[nH]5)cc4)cc3)[nH]c2c1. The average molecular weight is 484 g/mol. The van der Waals surface area contributed by atoms with E-state index >= 15 is 0 Å². The largest absolute Gasteiger partial charge is 0.399 e. The predicted molar refractivity (Wildman–Crippen MR) is 150 cm³/mol. The molecular weight excluding hydrogens is 458 g/mol. The van der Waals surface area contributed by atoms with Gasteiger partial charge in [-0.1, -0.05) is 61.2 Å². The molecule has 0 aliphatic heterocycles. The van der Waals surface area contributed by atoms with E-state index in [0.717, 1.165) is 56.8 Å². The number of hydrogen-bond acceptors (Lipinski definition) is 4. The third kappa shape index (κ3) is 4.34. The van der Waals surface area contributed by atoms with Crippen LogP contribution in [0, 0.1) is 5.41 Å². The molecule has 7 heteroatoms. The Morgan fingerprint density at radius 1 is 0.676 bits per heavy atom. The molecule has 0 fully saturated rings. The van der Waals surface area contributed by atoms with Crippen LogP contribution in [-0.4, -0.2) is 25.8 Å². The maximum absolute atomic E-state index is 7.63. The first-order valence-corrected chi connectivity index (χ1v) is 11.9. The van der Waals surface area contributed by atoms with Gasteiger partial charge in [0, 0.05) is 22.4 Å². The molecule has 37 heavy (non-hydrogen) atoms. The van der Waals surface area contributed by atoms with E-state index < -0.39 is 0 Å². The summed E-state index contributed by atoms with van der Waals surface area (Å²) in [5.74, 6) is 1.66. The Morgan fingerprint density at radius 3 is 1.59 bits per heavy atom. The summed E-state index contributed by atoms with van der Waals surface area (Å²) >= 11 is 0. The highest BCUT2D eigenvalue weighted by Gasteiger charge is 2.09. The number of aromatic amines is 2. The standard InChI is InChI=1S/C30H25N7/c1-17(31)22-10-12-24-26(15-22)36-29(34-24)20-6-2-18(3-7-20)14-19-4-8-21(9-5-19)30-35-25-13-11-23(28(32)33)16-27(25)37-30/h2-13,15-16H,1,14,31H2,(H3,32,33)(H,34,36)(H,35,37). The van der Waals surface area contributed by atoms with Crippen molar-refractivity contribution >= 4 is 33.6 Å². The van der Waals surface area contributed by atoms with E-state index in [0.29, 0.717) is 11.3 Å². The monoisotopic (exact) mass is 483 g/mol. The molecule has 180 valence electrons. The Balaban J connectivity index is 1.18. The number of nitrogen functional groups attached to an aromatic ring is 1. The van der Waals surface area contributed by atoms with Crippen molar-refractivity contribution in [1.82, 2.24) is 19.9 Å². The molecule has 0 unspecified atom stereocenters. The second-order valence-corrected chi connectivity index (χ2v) is 9.14. The van der Waals surface area contributed by atoms with Gasteiger partial charge in [0.05, 0.1) is 22.1 Å². The second-order valence-electron chi connectivity index (χ2n) is 9.14. The molecule has 0 radical (unpaired) electrons. The normalized spacial score (nSPS) is 11.2. The minimum atomic E-state index is 0.0424. The van der Waals surface area contributed by atoms with E-state index in [1.54, 1.807) is 0 Å². The molecule has 6 rings (SSSR count). The number of fused-ring (bicyclic) bond motifs is 2. The lowest BCUT2D eigenvalue weighted by Gasteiger charge is -2.05. The number of rotatable bonds is 6. The van der Waals surface area contributed by atoms with Gasteiger partial charge in [0.25, 0.3) is 0 Å². The Hall–Kier alpha value is -5.17. The Kier molecular flexibility index (Phi) is 5.31. The zero-order valence-electron chi connectivity index (χ0n) is 20.0. The van der Waals surface area contributed by atoms with Gasteiger partial charge in [0.2, 0.25) is 0 Å². The highest BCUT2D eigenvalue weighted by Crippen LogP contribution is 2.25. The van der Waals surface area contributed by atoms with Crippen molar-refractivity contribution in [3.05, 3.63) is 114 Å². The summed E-state index contributed by atoms with van der Waals surface area (Å²) in [6, 6.07) is 28.3. The van der Waals surface area contributed by atoms with E-state index in [1.807, 2.05) is 36.4 Å². The molecule has 0 saturated carbocycles. The van der Waals surface area contributed by atoms with Gasteiger partial charge in [-0.25, -0.2) is 9.97 Å². The Labute approximate surface area is 213 Å². The molecule has 7 nitrogen and oxygen atoms in total. The van der Waals surface area contributed by atoms with Crippen LogP contribution >= 0.6 is 0 Å². The minimum absolute atomic E-state index is 0.0424. The Bertz CT molecular complexity index is 1660. The molecule has 0 aliphatic rings. The van der Waals surface area contributed by atoms with Crippen LogP contribution in [0.25, 0.3) is 50.5 Å². The molecule has 0 aliphatic carbocycles. The second kappa shape index (κ2) is 8.80. The lowest BCUT2D eigenvalue weighted by molar-refractivity contribution is 1.19. The lowest BCUT2D eigenvalue weighted by atomic mass is 10.0. The first kappa shape index (κ1) is 22.3. The number of nitrogens with two attached hydrogens (primary N) is 2. The molecular formula is C30H25N7. The molecule has 2 heterocycles. The third-order valence-electron chi connectivity index (χ3n) is 6.51. The van der Waals surface area contributed by atoms with Crippen LogP contribution in [0.5, 0.6) is 0 Å². The molecule has 7 N–H and O–H groups in total. The molecule has 0 saturated heterocycles. The highest BCUT2D eigenvalue weighted by molar-refractivity contribution is 5.98. The van der Waals surface area contributed by atoms with E-state index in [1.165, 1.54) is 11.1 Å².